The first-order valence-corrected chi connectivity index (χ1v) is 7.54. The van der Waals surface area contributed by atoms with Crippen LogP contribution in [0, 0.1) is 29.9 Å². The van der Waals surface area contributed by atoms with E-state index >= 15 is 0 Å². The lowest BCUT2D eigenvalue weighted by Crippen LogP contribution is -2.31. The molecule has 1 aromatic heterocycles. The molecule has 1 saturated carbocycles. The molecule has 23 heavy (non-hydrogen) atoms. The van der Waals surface area contributed by atoms with E-state index in [-0.39, 0.29) is 23.1 Å². The Bertz CT molecular complexity index is 764. The molecule has 7 nitrogen and oxygen atoms in total. The van der Waals surface area contributed by atoms with Gasteiger partial charge in [-0.05, 0) is 43.7 Å². The number of carbonyl (C=O) groups is 1. The van der Waals surface area contributed by atoms with Crippen molar-refractivity contribution in [2.75, 3.05) is 0 Å². The van der Waals surface area contributed by atoms with Crippen LogP contribution >= 0.6 is 0 Å². The van der Waals surface area contributed by atoms with Crippen LogP contribution in [-0.2, 0) is 0 Å². The van der Waals surface area contributed by atoms with E-state index in [0.29, 0.717) is 5.92 Å². The number of benzene rings is 1. The number of nitrogens with zero attached hydrogens (tertiary/aromatic N) is 2. The average Bonchev–Trinajstić information content (AvgIpc) is 3.27. The Morgan fingerprint density at radius 1 is 1.39 bits per heavy atom. The van der Waals surface area contributed by atoms with Crippen molar-refractivity contribution < 1.29 is 9.72 Å². The van der Waals surface area contributed by atoms with E-state index in [1.54, 1.807) is 0 Å². The highest BCUT2D eigenvalue weighted by atomic mass is 16.6. The SMILES string of the molecule is Cc1ccccc1[C@H](NC(=O)c1n[nH]c(C)c1[N+](=O)[O-])C1CC1. The number of nitrogens with one attached hydrogen (secondary N) is 2. The standard InChI is InChI=1S/C16H18N4O3/c1-9-5-3-4-6-12(9)13(11-7-8-11)17-16(21)14-15(20(22)23)10(2)18-19-14/h3-6,11,13H,7-8H2,1-2H3,(H,17,21)(H,18,19)/t13-/m1/s1. The number of aromatic amines is 1. The van der Waals surface area contributed by atoms with Gasteiger partial charge in [0.1, 0.15) is 5.69 Å². The Kier molecular flexibility index (Phi) is 3.85. The second-order valence-electron chi connectivity index (χ2n) is 5.95. The minimum absolute atomic E-state index is 0.139. The summed E-state index contributed by atoms with van der Waals surface area (Å²) in [5.74, 6) is -0.139. The maximum absolute atomic E-state index is 12.5. The molecule has 1 atom stereocenters. The molecule has 120 valence electrons. The third-order valence-electron chi connectivity index (χ3n) is 4.22. The summed E-state index contributed by atoms with van der Waals surface area (Å²) in [5, 5.41) is 20.4. The molecule has 1 fully saturated rings. The van der Waals surface area contributed by atoms with E-state index in [1.807, 2.05) is 31.2 Å². The smallest absolute Gasteiger partial charge is 0.322 e. The minimum Gasteiger partial charge on any atom is -0.343 e. The molecule has 0 radical (unpaired) electrons. The third-order valence-corrected chi connectivity index (χ3v) is 4.22. The molecular formula is C16H18N4O3. The summed E-state index contributed by atoms with van der Waals surface area (Å²) in [6, 6.07) is 7.73. The summed E-state index contributed by atoms with van der Waals surface area (Å²) < 4.78 is 0. The maximum Gasteiger partial charge on any atom is 0.322 e. The molecule has 2 N–H and O–H groups in total. The second-order valence-corrected chi connectivity index (χ2v) is 5.95. The van der Waals surface area contributed by atoms with Gasteiger partial charge in [-0.3, -0.25) is 20.0 Å². The Morgan fingerprint density at radius 2 is 2.09 bits per heavy atom. The molecule has 3 rings (SSSR count). The summed E-state index contributed by atoms with van der Waals surface area (Å²) in [5.41, 5.74) is 2.00. The van der Waals surface area contributed by atoms with Crippen molar-refractivity contribution in [2.45, 2.75) is 32.7 Å². The predicted octanol–water partition coefficient (Wildman–Crippen LogP) is 2.82. The minimum atomic E-state index is -0.576. The first-order chi connectivity index (χ1) is 11.0. The van der Waals surface area contributed by atoms with Gasteiger partial charge in [0.15, 0.2) is 0 Å². The summed E-state index contributed by atoms with van der Waals surface area (Å²) in [6.45, 7) is 3.53. The summed E-state index contributed by atoms with van der Waals surface area (Å²) in [7, 11) is 0. The van der Waals surface area contributed by atoms with Gasteiger partial charge in [-0.1, -0.05) is 24.3 Å². The summed E-state index contributed by atoms with van der Waals surface area (Å²) >= 11 is 0. The normalized spacial score (nSPS) is 15.2. The van der Waals surface area contributed by atoms with Crippen LogP contribution in [0.1, 0.15) is 46.2 Å². The molecule has 1 heterocycles. The van der Waals surface area contributed by atoms with E-state index in [2.05, 4.69) is 15.5 Å². The predicted molar refractivity (Wildman–Crippen MR) is 84.1 cm³/mol. The Morgan fingerprint density at radius 3 is 2.70 bits per heavy atom. The van der Waals surface area contributed by atoms with Crippen molar-refractivity contribution in [2.24, 2.45) is 5.92 Å². The van der Waals surface area contributed by atoms with E-state index in [0.717, 1.165) is 24.0 Å². The Balaban J connectivity index is 1.89. The maximum atomic E-state index is 12.5. The van der Waals surface area contributed by atoms with Gasteiger partial charge < -0.3 is 5.32 Å². The van der Waals surface area contributed by atoms with Crippen LogP contribution in [0.25, 0.3) is 0 Å². The Hall–Kier alpha value is -2.70. The van der Waals surface area contributed by atoms with Gasteiger partial charge in [0.05, 0.1) is 11.0 Å². The molecule has 0 saturated heterocycles. The van der Waals surface area contributed by atoms with E-state index in [9.17, 15) is 14.9 Å². The fourth-order valence-electron chi connectivity index (χ4n) is 2.83. The van der Waals surface area contributed by atoms with Crippen LogP contribution in [0.4, 0.5) is 5.69 Å². The first kappa shape index (κ1) is 15.2. The largest absolute Gasteiger partial charge is 0.343 e. The average molecular weight is 314 g/mol. The van der Waals surface area contributed by atoms with Crippen molar-refractivity contribution in [3.63, 3.8) is 0 Å². The highest BCUT2D eigenvalue weighted by Crippen LogP contribution is 2.42. The zero-order chi connectivity index (χ0) is 16.6. The van der Waals surface area contributed by atoms with Crippen molar-refractivity contribution in [3.8, 4) is 0 Å². The van der Waals surface area contributed by atoms with E-state index < -0.39 is 10.8 Å². The molecule has 1 aliphatic rings. The highest BCUT2D eigenvalue weighted by Gasteiger charge is 2.36. The lowest BCUT2D eigenvalue weighted by Gasteiger charge is -2.20. The third kappa shape index (κ3) is 2.94. The van der Waals surface area contributed by atoms with Crippen LogP contribution < -0.4 is 5.32 Å². The number of H-pyrrole nitrogens is 1. The van der Waals surface area contributed by atoms with Crippen LogP contribution in [0.3, 0.4) is 0 Å². The van der Waals surface area contributed by atoms with Crippen LogP contribution in [-0.4, -0.2) is 21.0 Å². The number of hydrogen-bond donors (Lipinski definition) is 2. The number of rotatable bonds is 5. The molecule has 2 aromatic rings. The second kappa shape index (κ2) is 5.83. The number of hydrogen-bond acceptors (Lipinski definition) is 4. The number of aromatic nitrogens is 2. The van der Waals surface area contributed by atoms with Crippen LogP contribution in [0.15, 0.2) is 24.3 Å². The van der Waals surface area contributed by atoms with Crippen molar-refractivity contribution in [1.82, 2.24) is 15.5 Å². The lowest BCUT2D eigenvalue weighted by molar-refractivity contribution is -0.385. The van der Waals surface area contributed by atoms with Crippen molar-refractivity contribution in [3.05, 3.63) is 56.9 Å². The molecule has 0 spiro atoms. The van der Waals surface area contributed by atoms with Crippen LogP contribution in [0.2, 0.25) is 0 Å². The zero-order valence-corrected chi connectivity index (χ0v) is 13.0. The summed E-state index contributed by atoms with van der Waals surface area (Å²) in [6.07, 6.45) is 2.09. The van der Waals surface area contributed by atoms with E-state index in [4.69, 9.17) is 0 Å². The van der Waals surface area contributed by atoms with Crippen molar-refractivity contribution >= 4 is 11.6 Å². The quantitative estimate of drug-likeness (QED) is 0.654. The lowest BCUT2D eigenvalue weighted by atomic mass is 9.97. The fourth-order valence-corrected chi connectivity index (χ4v) is 2.83. The van der Waals surface area contributed by atoms with Crippen LogP contribution in [0.5, 0.6) is 0 Å². The number of nitro groups is 1. The van der Waals surface area contributed by atoms with Gasteiger partial charge in [-0.15, -0.1) is 0 Å². The van der Waals surface area contributed by atoms with Gasteiger partial charge in [0.2, 0.25) is 5.69 Å². The topological polar surface area (TPSA) is 101 Å². The van der Waals surface area contributed by atoms with Gasteiger partial charge in [0, 0.05) is 0 Å². The molecule has 1 aromatic carbocycles. The van der Waals surface area contributed by atoms with Gasteiger partial charge in [-0.25, -0.2) is 0 Å². The molecule has 1 amide bonds. The number of aryl methyl sites for hydroxylation is 2. The Labute approximate surface area is 133 Å². The molecule has 1 aliphatic carbocycles. The molecule has 7 heteroatoms. The highest BCUT2D eigenvalue weighted by molar-refractivity contribution is 5.96. The zero-order valence-electron chi connectivity index (χ0n) is 13.0. The molecule has 0 unspecified atom stereocenters. The number of carbonyl (C=O) groups excluding carboxylic acids is 1. The molecule has 0 aliphatic heterocycles. The fraction of sp³-hybridized carbons (Fsp3) is 0.375. The summed E-state index contributed by atoms with van der Waals surface area (Å²) in [4.78, 5) is 23.1. The van der Waals surface area contributed by atoms with E-state index in [1.165, 1.54) is 6.92 Å². The van der Waals surface area contributed by atoms with Gasteiger partial charge in [-0.2, -0.15) is 5.10 Å². The number of amides is 1. The first-order valence-electron chi connectivity index (χ1n) is 7.54. The molecular weight excluding hydrogens is 296 g/mol. The molecule has 0 bridgehead atoms. The van der Waals surface area contributed by atoms with Gasteiger partial charge >= 0.3 is 5.69 Å². The monoisotopic (exact) mass is 314 g/mol. The van der Waals surface area contributed by atoms with Crippen molar-refractivity contribution in [1.29, 1.82) is 0 Å². The van der Waals surface area contributed by atoms with Gasteiger partial charge in [0.25, 0.3) is 5.91 Å².